The Kier molecular flexibility index (Phi) is 9.90. The number of hydrogen-bond donors (Lipinski definition) is 3. The zero-order valence-electron chi connectivity index (χ0n) is 27.9. The number of phenols is 1. The van der Waals surface area contributed by atoms with Gasteiger partial charge in [-0.15, -0.1) is 0 Å². The standard InChI is InChI=1S/C36H40ClF3N6O5/c37-27-18-21(17-26(32(27)47)36(38,39)40)19-30(33(48)44-13-7-23(8-14-44)22-5-11-41-12-6-22)51-35(50)45-15-9-24(10-16-45)46-29-20-42-28-4-2-1-3-25(28)31(29)43-34(46)49/h1-4,17-18,20,22-24,30,41,47H,5-16,19H2,(H,43,49)/t30-/m1/s1. The molecule has 0 spiro atoms. The minimum Gasteiger partial charge on any atom is -0.506 e. The van der Waals surface area contributed by atoms with Crippen molar-refractivity contribution in [2.24, 2.45) is 11.8 Å². The number of carbonyl (C=O) groups is 2. The molecule has 0 bridgehead atoms. The largest absolute Gasteiger partial charge is 0.506 e. The third-order valence-corrected chi connectivity index (χ3v) is 11.1. The van der Waals surface area contributed by atoms with E-state index in [2.05, 4.69) is 15.3 Å². The first-order valence-electron chi connectivity index (χ1n) is 17.5. The van der Waals surface area contributed by atoms with Gasteiger partial charge in [-0.3, -0.25) is 14.3 Å². The van der Waals surface area contributed by atoms with Crippen LogP contribution in [-0.2, 0) is 22.1 Å². The lowest BCUT2D eigenvalue weighted by molar-refractivity contribution is -0.142. The van der Waals surface area contributed by atoms with Gasteiger partial charge in [-0.2, -0.15) is 13.2 Å². The van der Waals surface area contributed by atoms with Gasteiger partial charge in [0.05, 0.1) is 33.3 Å². The molecule has 4 aromatic rings. The van der Waals surface area contributed by atoms with Crippen molar-refractivity contribution >= 4 is 45.5 Å². The van der Waals surface area contributed by atoms with Crippen LogP contribution in [0.5, 0.6) is 5.75 Å². The molecule has 0 unspecified atom stereocenters. The Balaban J connectivity index is 1.07. The number of imidazole rings is 1. The highest BCUT2D eigenvalue weighted by atomic mass is 35.5. The van der Waals surface area contributed by atoms with Crippen LogP contribution in [0.15, 0.2) is 47.4 Å². The summed E-state index contributed by atoms with van der Waals surface area (Å²) >= 11 is 5.99. The van der Waals surface area contributed by atoms with Gasteiger partial charge in [-0.05, 0) is 87.2 Å². The fourth-order valence-corrected chi connectivity index (χ4v) is 8.32. The highest BCUT2D eigenvalue weighted by Gasteiger charge is 2.38. The minimum atomic E-state index is -4.89. The third-order valence-electron chi connectivity index (χ3n) is 10.8. The number of carbonyl (C=O) groups excluding carboxylic acids is 2. The van der Waals surface area contributed by atoms with Gasteiger partial charge >= 0.3 is 18.0 Å². The number of rotatable bonds is 6. The Morgan fingerprint density at radius 3 is 2.35 bits per heavy atom. The van der Waals surface area contributed by atoms with E-state index in [-0.39, 0.29) is 36.8 Å². The van der Waals surface area contributed by atoms with E-state index in [9.17, 15) is 32.7 Å². The summed E-state index contributed by atoms with van der Waals surface area (Å²) in [5.74, 6) is -0.530. The van der Waals surface area contributed by atoms with Crippen LogP contribution in [0.3, 0.4) is 0 Å². The van der Waals surface area contributed by atoms with Crippen molar-refractivity contribution in [3.8, 4) is 5.75 Å². The number of aromatic amines is 1. The van der Waals surface area contributed by atoms with Gasteiger partial charge in [-0.25, -0.2) is 9.59 Å². The van der Waals surface area contributed by atoms with Crippen molar-refractivity contribution in [2.45, 2.75) is 63.3 Å². The summed E-state index contributed by atoms with van der Waals surface area (Å²) in [5, 5.41) is 13.7. The van der Waals surface area contributed by atoms with Gasteiger partial charge in [0.15, 0.2) is 6.10 Å². The summed E-state index contributed by atoms with van der Waals surface area (Å²) in [7, 11) is 0. The summed E-state index contributed by atoms with van der Waals surface area (Å²) < 4.78 is 48.7. The number of likely N-dealkylation sites (tertiary alicyclic amines) is 2. The number of aromatic nitrogens is 3. The van der Waals surface area contributed by atoms with Crippen molar-refractivity contribution < 1.29 is 32.6 Å². The molecule has 0 aliphatic carbocycles. The zero-order chi connectivity index (χ0) is 35.9. The number of ether oxygens (including phenoxy) is 1. The van der Waals surface area contributed by atoms with Crippen LogP contribution in [0, 0.1) is 11.8 Å². The van der Waals surface area contributed by atoms with E-state index in [0.29, 0.717) is 48.8 Å². The number of piperidine rings is 3. The van der Waals surface area contributed by atoms with E-state index in [0.717, 1.165) is 61.8 Å². The third kappa shape index (κ3) is 7.25. The fraction of sp³-hybridized carbons (Fsp3) is 0.500. The van der Waals surface area contributed by atoms with Crippen molar-refractivity contribution in [1.82, 2.24) is 29.7 Å². The maximum atomic E-state index is 14.0. The number of pyridine rings is 1. The van der Waals surface area contributed by atoms with Crippen LogP contribution in [0.4, 0.5) is 18.0 Å². The number of alkyl halides is 3. The molecule has 7 rings (SSSR count). The van der Waals surface area contributed by atoms with Gasteiger partial charge in [-0.1, -0.05) is 29.8 Å². The number of nitrogens with one attached hydrogen (secondary N) is 2. The molecule has 0 radical (unpaired) electrons. The quantitative estimate of drug-likeness (QED) is 0.226. The van der Waals surface area contributed by atoms with Gasteiger partial charge < -0.3 is 29.9 Å². The molecule has 51 heavy (non-hydrogen) atoms. The summed E-state index contributed by atoms with van der Waals surface area (Å²) in [4.78, 5) is 51.3. The second-order valence-electron chi connectivity index (χ2n) is 13.9. The Hall–Kier alpha value is -4.30. The number of para-hydroxylation sites is 1. The molecule has 2 aromatic carbocycles. The molecule has 3 aliphatic heterocycles. The number of phenolic OH excluding ortho intramolecular Hbond substituents is 1. The number of hydrogen-bond acceptors (Lipinski definition) is 7. The molecule has 3 fully saturated rings. The molecular formula is C36H40ClF3N6O5. The summed E-state index contributed by atoms with van der Waals surface area (Å²) in [6.45, 7) is 3.33. The molecule has 5 heterocycles. The predicted octanol–water partition coefficient (Wildman–Crippen LogP) is 5.88. The number of fused-ring (bicyclic) bond motifs is 3. The molecule has 1 atom stereocenters. The van der Waals surface area contributed by atoms with Gasteiger partial charge in [0.1, 0.15) is 5.75 Å². The van der Waals surface area contributed by atoms with Crippen molar-refractivity contribution in [3.63, 3.8) is 0 Å². The Morgan fingerprint density at radius 1 is 0.980 bits per heavy atom. The second-order valence-corrected chi connectivity index (χ2v) is 14.3. The zero-order valence-corrected chi connectivity index (χ0v) is 28.7. The molecule has 3 aliphatic rings. The minimum absolute atomic E-state index is 0.000538. The topological polar surface area (TPSA) is 133 Å². The van der Waals surface area contributed by atoms with Gasteiger partial charge in [0.25, 0.3) is 5.91 Å². The Labute approximate surface area is 296 Å². The molecule has 15 heteroatoms. The number of aromatic hydroxyl groups is 1. The molecular weight excluding hydrogens is 689 g/mol. The average Bonchev–Trinajstić information content (AvgIpc) is 3.48. The van der Waals surface area contributed by atoms with E-state index < -0.39 is 40.6 Å². The predicted molar refractivity (Wildman–Crippen MR) is 185 cm³/mol. The lowest BCUT2D eigenvalue weighted by Crippen LogP contribution is -2.49. The van der Waals surface area contributed by atoms with Crippen LogP contribution >= 0.6 is 11.6 Å². The number of amides is 2. The summed E-state index contributed by atoms with van der Waals surface area (Å²) in [5.41, 5.74) is 0.513. The summed E-state index contributed by atoms with van der Waals surface area (Å²) in [6.07, 6.45) is -1.14. The summed E-state index contributed by atoms with van der Waals surface area (Å²) in [6, 6.07) is 9.19. The number of halogens is 4. The SMILES string of the molecule is O=C(O[C@H](Cc1cc(Cl)c(O)c(C(F)(F)F)c1)C(=O)N1CCC(C2CCNCC2)CC1)N1CCC(n2c(=O)[nH]c3c4ccccc4ncc32)CC1. The maximum absolute atomic E-state index is 14.0. The van der Waals surface area contributed by atoms with Crippen LogP contribution in [-0.4, -0.2) is 86.8 Å². The van der Waals surface area contributed by atoms with Crippen LogP contribution < -0.4 is 11.0 Å². The molecule has 2 amide bonds. The molecule has 2 aromatic heterocycles. The first-order valence-corrected chi connectivity index (χ1v) is 17.9. The monoisotopic (exact) mass is 728 g/mol. The Bertz CT molecular complexity index is 1980. The van der Waals surface area contributed by atoms with Gasteiger partial charge in [0, 0.05) is 44.0 Å². The van der Waals surface area contributed by atoms with E-state index in [1.165, 1.54) is 4.90 Å². The number of benzene rings is 2. The molecule has 272 valence electrons. The number of nitrogens with zero attached hydrogens (tertiary/aromatic N) is 4. The maximum Gasteiger partial charge on any atom is 0.420 e. The molecule has 3 N–H and O–H groups in total. The van der Waals surface area contributed by atoms with Crippen LogP contribution in [0.1, 0.15) is 55.7 Å². The lowest BCUT2D eigenvalue weighted by Gasteiger charge is -2.39. The Morgan fingerprint density at radius 2 is 1.65 bits per heavy atom. The van der Waals surface area contributed by atoms with E-state index in [1.807, 2.05) is 24.3 Å². The van der Waals surface area contributed by atoms with E-state index >= 15 is 0 Å². The lowest BCUT2D eigenvalue weighted by atomic mass is 9.79. The van der Waals surface area contributed by atoms with Crippen LogP contribution in [0.25, 0.3) is 21.9 Å². The van der Waals surface area contributed by atoms with E-state index in [1.54, 1.807) is 15.7 Å². The molecule has 3 saturated heterocycles. The van der Waals surface area contributed by atoms with Crippen molar-refractivity contribution in [3.05, 3.63) is 69.2 Å². The second kappa shape index (κ2) is 14.4. The first-order chi connectivity index (χ1) is 24.5. The smallest absolute Gasteiger partial charge is 0.420 e. The number of H-pyrrole nitrogens is 1. The highest BCUT2D eigenvalue weighted by molar-refractivity contribution is 6.32. The van der Waals surface area contributed by atoms with Crippen molar-refractivity contribution in [1.29, 1.82) is 0 Å². The normalized spacial score (nSPS) is 19.1. The van der Waals surface area contributed by atoms with Crippen LogP contribution in [0.2, 0.25) is 5.02 Å². The molecule has 11 nitrogen and oxygen atoms in total. The average molecular weight is 729 g/mol. The fourth-order valence-electron chi connectivity index (χ4n) is 8.08. The highest BCUT2D eigenvalue weighted by Crippen LogP contribution is 2.41. The van der Waals surface area contributed by atoms with Crippen molar-refractivity contribution in [2.75, 3.05) is 39.3 Å². The van der Waals surface area contributed by atoms with Gasteiger partial charge in [0.2, 0.25) is 0 Å². The molecule has 0 saturated carbocycles. The first kappa shape index (κ1) is 35.1. The van der Waals surface area contributed by atoms with E-state index in [4.69, 9.17) is 16.3 Å².